The number of pyridine rings is 1. The summed E-state index contributed by atoms with van der Waals surface area (Å²) in [6.45, 7) is 0.928. The van der Waals surface area contributed by atoms with Crippen LogP contribution in [0.5, 0.6) is 0 Å². The van der Waals surface area contributed by atoms with E-state index in [1.807, 2.05) is 30.3 Å². The van der Waals surface area contributed by atoms with Gasteiger partial charge in [-0.2, -0.15) is 0 Å². The summed E-state index contributed by atoms with van der Waals surface area (Å²) >= 11 is 0. The summed E-state index contributed by atoms with van der Waals surface area (Å²) in [5.41, 5.74) is 7.49. The van der Waals surface area contributed by atoms with Gasteiger partial charge in [-0.3, -0.25) is 9.78 Å². The van der Waals surface area contributed by atoms with Gasteiger partial charge in [-0.25, -0.2) is 0 Å². The molecule has 1 aliphatic heterocycles. The van der Waals surface area contributed by atoms with E-state index in [1.54, 1.807) is 6.20 Å². The first-order chi connectivity index (χ1) is 10.3. The van der Waals surface area contributed by atoms with Crippen molar-refractivity contribution in [2.24, 2.45) is 5.73 Å². The molecule has 2 aromatic rings. The Bertz CT molecular complexity index is 649. The van der Waals surface area contributed by atoms with Crippen LogP contribution in [-0.4, -0.2) is 29.6 Å². The largest absolute Gasteiger partial charge is 0.364 e. The van der Waals surface area contributed by atoms with Gasteiger partial charge in [0.25, 0.3) is 0 Å². The summed E-state index contributed by atoms with van der Waals surface area (Å²) < 4.78 is 5.60. The van der Waals surface area contributed by atoms with Crippen molar-refractivity contribution in [2.45, 2.75) is 31.6 Å². The lowest BCUT2D eigenvalue weighted by Crippen LogP contribution is -2.35. The molecule has 0 unspecified atom stereocenters. The second-order valence-corrected chi connectivity index (χ2v) is 5.27. The SMILES string of the molecule is Cl.Cl.NC[C@H]1CC[C@@H](C(=O)NCc2cccc3cccnc23)O1. The number of fused-ring (bicyclic) bond motifs is 1. The number of rotatable bonds is 4. The van der Waals surface area contributed by atoms with Crippen LogP contribution in [-0.2, 0) is 16.1 Å². The third-order valence-corrected chi connectivity index (χ3v) is 3.83. The van der Waals surface area contributed by atoms with Gasteiger partial charge in [0, 0.05) is 24.7 Å². The zero-order valence-corrected chi connectivity index (χ0v) is 14.2. The van der Waals surface area contributed by atoms with E-state index in [1.165, 1.54) is 0 Å². The number of nitrogens with two attached hydrogens (primary N) is 1. The Balaban J connectivity index is 0.00000132. The molecule has 126 valence electrons. The molecule has 23 heavy (non-hydrogen) atoms. The van der Waals surface area contributed by atoms with E-state index >= 15 is 0 Å². The van der Waals surface area contributed by atoms with E-state index in [0.717, 1.165) is 29.3 Å². The van der Waals surface area contributed by atoms with Gasteiger partial charge in [0.15, 0.2) is 0 Å². The quantitative estimate of drug-likeness (QED) is 0.879. The van der Waals surface area contributed by atoms with Crippen molar-refractivity contribution in [3.63, 3.8) is 0 Å². The van der Waals surface area contributed by atoms with Gasteiger partial charge in [-0.1, -0.05) is 24.3 Å². The molecular weight excluding hydrogens is 337 g/mol. The smallest absolute Gasteiger partial charge is 0.249 e. The lowest BCUT2D eigenvalue weighted by Gasteiger charge is -2.13. The molecule has 1 saturated heterocycles. The van der Waals surface area contributed by atoms with Gasteiger partial charge in [0.05, 0.1) is 11.6 Å². The lowest BCUT2D eigenvalue weighted by atomic mass is 10.1. The summed E-state index contributed by atoms with van der Waals surface area (Å²) in [4.78, 5) is 16.5. The van der Waals surface area contributed by atoms with Crippen molar-refractivity contribution < 1.29 is 9.53 Å². The van der Waals surface area contributed by atoms with Crippen LogP contribution in [0.3, 0.4) is 0 Å². The van der Waals surface area contributed by atoms with Gasteiger partial charge < -0.3 is 15.8 Å². The molecule has 0 aliphatic carbocycles. The topological polar surface area (TPSA) is 77.2 Å². The number of benzene rings is 1. The number of hydrogen-bond acceptors (Lipinski definition) is 4. The second-order valence-electron chi connectivity index (χ2n) is 5.27. The predicted molar refractivity (Wildman–Crippen MR) is 95.0 cm³/mol. The van der Waals surface area contributed by atoms with Gasteiger partial charge in [-0.05, 0) is 24.5 Å². The van der Waals surface area contributed by atoms with E-state index in [9.17, 15) is 4.79 Å². The first kappa shape index (κ1) is 19.6. The maximum absolute atomic E-state index is 12.1. The molecule has 1 aliphatic rings. The maximum atomic E-state index is 12.1. The van der Waals surface area contributed by atoms with Crippen molar-refractivity contribution in [1.29, 1.82) is 0 Å². The fourth-order valence-electron chi connectivity index (χ4n) is 2.68. The minimum Gasteiger partial charge on any atom is -0.364 e. The zero-order chi connectivity index (χ0) is 14.7. The van der Waals surface area contributed by atoms with E-state index in [2.05, 4.69) is 10.3 Å². The van der Waals surface area contributed by atoms with Crippen LogP contribution in [0.4, 0.5) is 0 Å². The monoisotopic (exact) mass is 357 g/mol. The molecule has 3 N–H and O–H groups in total. The number of nitrogens with zero attached hydrogens (tertiary/aromatic N) is 1. The number of amides is 1. The third-order valence-electron chi connectivity index (χ3n) is 3.83. The molecule has 5 nitrogen and oxygen atoms in total. The summed E-state index contributed by atoms with van der Waals surface area (Å²) in [6.07, 6.45) is 2.99. The fourth-order valence-corrected chi connectivity index (χ4v) is 2.68. The first-order valence-corrected chi connectivity index (χ1v) is 7.24. The minimum atomic E-state index is -0.374. The molecular formula is C16H21Cl2N3O2. The van der Waals surface area contributed by atoms with Crippen LogP contribution >= 0.6 is 24.8 Å². The number of hydrogen-bond donors (Lipinski definition) is 2. The molecule has 2 heterocycles. The van der Waals surface area contributed by atoms with E-state index in [-0.39, 0.29) is 42.9 Å². The summed E-state index contributed by atoms with van der Waals surface area (Å²) in [6, 6.07) is 9.89. The highest BCUT2D eigenvalue weighted by Crippen LogP contribution is 2.19. The van der Waals surface area contributed by atoms with Gasteiger partial charge >= 0.3 is 0 Å². The van der Waals surface area contributed by atoms with Gasteiger partial charge in [-0.15, -0.1) is 24.8 Å². The fraction of sp³-hybridized carbons (Fsp3) is 0.375. The minimum absolute atomic E-state index is 0. The Labute approximate surface area is 147 Å². The average molecular weight is 358 g/mol. The van der Waals surface area contributed by atoms with Crippen LogP contribution in [0.25, 0.3) is 10.9 Å². The van der Waals surface area contributed by atoms with Crippen molar-refractivity contribution in [3.05, 3.63) is 42.1 Å². The van der Waals surface area contributed by atoms with E-state index in [0.29, 0.717) is 13.1 Å². The molecule has 0 saturated carbocycles. The van der Waals surface area contributed by atoms with Gasteiger partial charge in [0.2, 0.25) is 5.91 Å². The zero-order valence-electron chi connectivity index (χ0n) is 12.6. The Morgan fingerprint density at radius 3 is 2.78 bits per heavy atom. The van der Waals surface area contributed by atoms with Crippen molar-refractivity contribution in [3.8, 4) is 0 Å². The molecule has 0 bridgehead atoms. The molecule has 1 fully saturated rings. The molecule has 1 amide bonds. The van der Waals surface area contributed by atoms with Crippen LogP contribution in [0.1, 0.15) is 18.4 Å². The molecule has 3 rings (SSSR count). The van der Waals surface area contributed by atoms with Crippen molar-refractivity contribution >= 4 is 41.6 Å². The highest BCUT2D eigenvalue weighted by Gasteiger charge is 2.29. The number of carbonyl (C=O) groups is 1. The number of halogens is 2. The summed E-state index contributed by atoms with van der Waals surface area (Å²) in [5, 5.41) is 4.01. The van der Waals surface area contributed by atoms with Crippen LogP contribution < -0.4 is 11.1 Å². The number of carbonyl (C=O) groups excluding carboxylic acids is 1. The lowest BCUT2D eigenvalue weighted by molar-refractivity contribution is -0.132. The van der Waals surface area contributed by atoms with Crippen LogP contribution in [0.2, 0.25) is 0 Å². The molecule has 1 aromatic carbocycles. The molecule has 7 heteroatoms. The number of para-hydroxylation sites is 1. The molecule has 0 radical (unpaired) electrons. The standard InChI is InChI=1S/C16H19N3O2.2ClH/c17-9-13-6-7-14(21-13)16(20)19-10-12-4-1-3-11-5-2-8-18-15(11)12;;/h1-5,8,13-14H,6-7,9-10,17H2,(H,19,20);2*1H/t13-,14+;;/m1../s1. The number of ether oxygens (including phenoxy) is 1. The Hall–Kier alpha value is -1.40. The van der Waals surface area contributed by atoms with Crippen molar-refractivity contribution in [1.82, 2.24) is 10.3 Å². The number of aromatic nitrogens is 1. The summed E-state index contributed by atoms with van der Waals surface area (Å²) in [7, 11) is 0. The van der Waals surface area contributed by atoms with Crippen LogP contribution in [0.15, 0.2) is 36.5 Å². The normalized spacial score (nSPS) is 19.7. The van der Waals surface area contributed by atoms with E-state index < -0.39 is 0 Å². The Morgan fingerprint density at radius 2 is 2.04 bits per heavy atom. The van der Waals surface area contributed by atoms with Crippen LogP contribution in [0, 0.1) is 0 Å². The highest BCUT2D eigenvalue weighted by atomic mass is 35.5. The third kappa shape index (κ3) is 4.54. The van der Waals surface area contributed by atoms with Crippen molar-refractivity contribution in [2.75, 3.05) is 6.54 Å². The predicted octanol–water partition coefficient (Wildman–Crippen LogP) is 2.20. The maximum Gasteiger partial charge on any atom is 0.249 e. The first-order valence-electron chi connectivity index (χ1n) is 7.24. The van der Waals surface area contributed by atoms with E-state index in [4.69, 9.17) is 10.5 Å². The molecule has 0 spiro atoms. The summed E-state index contributed by atoms with van der Waals surface area (Å²) in [5.74, 6) is -0.0705. The second kappa shape index (κ2) is 9.03. The average Bonchev–Trinajstić information content (AvgIpc) is 3.01. The number of nitrogens with one attached hydrogen (secondary N) is 1. The highest BCUT2D eigenvalue weighted by molar-refractivity contribution is 5.86. The molecule has 2 atom stereocenters. The Morgan fingerprint density at radius 1 is 1.26 bits per heavy atom. The van der Waals surface area contributed by atoms with Gasteiger partial charge in [0.1, 0.15) is 6.10 Å². The Kier molecular flexibility index (Phi) is 7.72. The molecule has 1 aromatic heterocycles.